The van der Waals surface area contributed by atoms with Crippen LogP contribution >= 0.6 is 0 Å². The number of ether oxygens (including phenoxy) is 4. The molecule has 74 heavy (non-hydrogen) atoms. The van der Waals surface area contributed by atoms with Crippen molar-refractivity contribution in [3.05, 3.63) is 109 Å². The molecule has 0 aliphatic heterocycles. The van der Waals surface area contributed by atoms with Gasteiger partial charge in [0.2, 0.25) is 6.54 Å². The molecule has 0 aliphatic carbocycles. The second-order valence-corrected chi connectivity index (χ2v) is 21.8. The quantitative estimate of drug-likeness (QED) is 0.0464. The van der Waals surface area contributed by atoms with Crippen molar-refractivity contribution >= 4 is 33.1 Å². The Morgan fingerprint density at radius 1 is 0.392 bits per heavy atom. The number of unbranched alkanes of at least 4 members (excludes halogenated alkanes) is 2. The van der Waals surface area contributed by atoms with Gasteiger partial charge >= 0.3 is 0 Å². The van der Waals surface area contributed by atoms with E-state index in [1.807, 2.05) is 62.9 Å². The van der Waals surface area contributed by atoms with Crippen LogP contribution in [-0.2, 0) is 19.6 Å². The summed E-state index contributed by atoms with van der Waals surface area (Å²) in [5.41, 5.74) is 13.3. The Bertz CT molecular complexity index is 3060. The van der Waals surface area contributed by atoms with Crippen molar-refractivity contribution in [1.82, 2.24) is 40.2 Å². The maximum atomic E-state index is 6.10. The van der Waals surface area contributed by atoms with Gasteiger partial charge in [-0.1, -0.05) is 130 Å². The molecule has 13 nitrogen and oxygen atoms in total. The van der Waals surface area contributed by atoms with Gasteiger partial charge in [-0.05, 0) is 119 Å². The Labute approximate surface area is 436 Å². The highest BCUT2D eigenvalue weighted by molar-refractivity contribution is 6.16. The van der Waals surface area contributed by atoms with Gasteiger partial charge in [0, 0.05) is 33.3 Å². The van der Waals surface area contributed by atoms with Gasteiger partial charge in [0.15, 0.2) is 5.52 Å². The highest BCUT2D eigenvalue weighted by atomic mass is 16.5. The van der Waals surface area contributed by atoms with Crippen molar-refractivity contribution < 1.29 is 23.7 Å². The number of nitrogens with zero attached hydrogens (tertiary/aromatic N) is 8. The maximum Gasteiger partial charge on any atom is 0.203 e. The van der Waals surface area contributed by atoms with E-state index in [0.717, 1.165) is 126 Å². The summed E-state index contributed by atoms with van der Waals surface area (Å²) in [4.78, 5) is 5.70. The number of aryl methyl sites for hydroxylation is 2. The number of aromatic nitrogens is 9. The van der Waals surface area contributed by atoms with E-state index in [9.17, 15) is 0 Å². The molecule has 0 amide bonds. The highest BCUT2D eigenvalue weighted by Gasteiger charge is 2.28. The van der Waals surface area contributed by atoms with E-state index < -0.39 is 0 Å². The summed E-state index contributed by atoms with van der Waals surface area (Å²) in [7, 11) is 0. The molecule has 9 aromatic rings. The molecule has 0 bridgehead atoms. The number of hydrogen-bond donors (Lipinski definition) is 1. The number of fused-ring (bicyclic) bond motifs is 3. The van der Waals surface area contributed by atoms with E-state index in [1.165, 1.54) is 0 Å². The van der Waals surface area contributed by atoms with Crippen LogP contribution in [0.3, 0.4) is 0 Å². The summed E-state index contributed by atoms with van der Waals surface area (Å²) in [6.07, 6.45) is 2.68. The number of rotatable bonds is 24. The van der Waals surface area contributed by atoms with Crippen molar-refractivity contribution in [3.8, 4) is 67.5 Å². The molecule has 0 saturated heterocycles. The number of benzene rings is 6. The van der Waals surface area contributed by atoms with Crippen LogP contribution in [0.2, 0.25) is 0 Å². The number of nitrogens with one attached hydrogen (secondary N) is 1. The SMILES string of the molecule is CC(C)COc1ccc(-c2ccc(-c3ccc(OCC(C)C)cc3)c3nn(CCCCCn4nc5c(-c6ccc(OCC(C)C)cc6)c6n[n+](CC(C)C)[nH]c6c(-c6ccc(OCC(C)C)cc6)c5n4)nc23)cc1. The molecule has 0 spiro atoms. The first-order valence-corrected chi connectivity index (χ1v) is 26.8. The fourth-order valence-corrected chi connectivity index (χ4v) is 8.96. The van der Waals surface area contributed by atoms with Crippen LogP contribution in [0.15, 0.2) is 109 Å². The van der Waals surface area contributed by atoms with Crippen LogP contribution in [0, 0.1) is 29.6 Å². The first-order chi connectivity index (χ1) is 35.8. The fourth-order valence-electron chi connectivity index (χ4n) is 8.96. The predicted molar refractivity (Wildman–Crippen MR) is 297 cm³/mol. The summed E-state index contributed by atoms with van der Waals surface area (Å²) in [6, 6.07) is 37.6. The van der Waals surface area contributed by atoms with Crippen LogP contribution in [0.25, 0.3) is 77.6 Å². The number of hydrogen-bond acceptors (Lipinski definition) is 9. The molecule has 1 N–H and O–H groups in total. The highest BCUT2D eigenvalue weighted by Crippen LogP contribution is 2.42. The lowest BCUT2D eigenvalue weighted by Gasteiger charge is -2.11. The summed E-state index contributed by atoms with van der Waals surface area (Å²) < 4.78 is 24.2. The molecule has 9 rings (SSSR count). The zero-order chi connectivity index (χ0) is 51.9. The van der Waals surface area contributed by atoms with Crippen molar-refractivity contribution in [1.29, 1.82) is 0 Å². The van der Waals surface area contributed by atoms with Crippen LogP contribution in [0.5, 0.6) is 23.0 Å². The average molecular weight is 997 g/mol. The Hall–Kier alpha value is -7.28. The van der Waals surface area contributed by atoms with Gasteiger partial charge in [-0.15, -0.1) is 5.10 Å². The van der Waals surface area contributed by atoms with Crippen LogP contribution in [-0.4, -0.2) is 66.6 Å². The minimum atomic E-state index is 0.383. The first-order valence-electron chi connectivity index (χ1n) is 26.8. The van der Waals surface area contributed by atoms with Crippen molar-refractivity contribution in [2.75, 3.05) is 26.4 Å². The van der Waals surface area contributed by atoms with Gasteiger partial charge in [-0.25, -0.2) is 0 Å². The Kier molecular flexibility index (Phi) is 16.2. The van der Waals surface area contributed by atoms with E-state index in [4.69, 9.17) is 44.4 Å². The van der Waals surface area contributed by atoms with Crippen molar-refractivity contribution in [2.24, 2.45) is 29.6 Å². The molecule has 0 aliphatic rings. The van der Waals surface area contributed by atoms with Gasteiger partial charge in [0.25, 0.3) is 0 Å². The third-order valence-corrected chi connectivity index (χ3v) is 12.6. The summed E-state index contributed by atoms with van der Waals surface area (Å²) in [6.45, 7) is 26.4. The molecule has 6 aromatic carbocycles. The fraction of sp³-hybridized carbons (Fsp3) is 0.410. The largest absolute Gasteiger partial charge is 0.493 e. The van der Waals surface area contributed by atoms with Crippen molar-refractivity contribution in [3.63, 3.8) is 0 Å². The predicted octanol–water partition coefficient (Wildman–Crippen LogP) is 13.7. The molecular formula is C61H74N9O4+. The summed E-state index contributed by atoms with van der Waals surface area (Å²) in [5.74, 6) is 5.51. The number of aromatic amines is 1. The smallest absolute Gasteiger partial charge is 0.203 e. The Morgan fingerprint density at radius 2 is 0.743 bits per heavy atom. The summed E-state index contributed by atoms with van der Waals surface area (Å²) >= 11 is 0. The zero-order valence-corrected chi connectivity index (χ0v) is 45.1. The van der Waals surface area contributed by atoms with E-state index in [2.05, 4.69) is 135 Å². The molecule has 13 heteroatoms. The second-order valence-electron chi connectivity index (χ2n) is 21.8. The third kappa shape index (κ3) is 12.4. The van der Waals surface area contributed by atoms with Gasteiger partial charge in [-0.3, -0.25) is 0 Å². The van der Waals surface area contributed by atoms with Crippen molar-refractivity contribution in [2.45, 2.75) is 108 Å². The third-order valence-electron chi connectivity index (χ3n) is 12.6. The monoisotopic (exact) mass is 997 g/mol. The lowest BCUT2D eigenvalue weighted by Crippen LogP contribution is -2.41. The van der Waals surface area contributed by atoms with Gasteiger partial charge in [0.05, 0.1) is 39.5 Å². The first kappa shape index (κ1) is 51.6. The molecule has 386 valence electrons. The van der Waals surface area contributed by atoms with E-state index in [0.29, 0.717) is 69.1 Å². The lowest BCUT2D eigenvalue weighted by atomic mass is 9.95. The topological polar surface area (TPSA) is 131 Å². The molecule has 0 unspecified atom stereocenters. The minimum absolute atomic E-state index is 0.383. The Morgan fingerprint density at radius 3 is 1.12 bits per heavy atom. The molecule has 0 saturated carbocycles. The Balaban J connectivity index is 1.00. The van der Waals surface area contributed by atoms with Crippen LogP contribution in [0.4, 0.5) is 0 Å². The molecule has 0 fully saturated rings. The molecule has 0 atom stereocenters. The second kappa shape index (κ2) is 23.3. The van der Waals surface area contributed by atoms with Gasteiger partial charge in [0.1, 0.15) is 50.6 Å². The van der Waals surface area contributed by atoms with E-state index in [1.54, 1.807) is 0 Å². The van der Waals surface area contributed by atoms with E-state index in [-0.39, 0.29) is 0 Å². The molecular weight excluding hydrogens is 923 g/mol. The minimum Gasteiger partial charge on any atom is -0.493 e. The summed E-state index contributed by atoms with van der Waals surface area (Å²) in [5, 5.41) is 29.8. The average Bonchev–Trinajstić information content (AvgIpc) is 4.14. The van der Waals surface area contributed by atoms with Crippen LogP contribution in [0.1, 0.15) is 88.5 Å². The lowest BCUT2D eigenvalue weighted by molar-refractivity contribution is -0.804. The maximum absolute atomic E-state index is 6.10. The zero-order valence-electron chi connectivity index (χ0n) is 45.1. The molecule has 3 aromatic heterocycles. The van der Waals surface area contributed by atoms with Crippen LogP contribution < -0.4 is 23.7 Å². The normalized spacial score (nSPS) is 12.0. The van der Waals surface area contributed by atoms with Gasteiger partial charge in [-0.2, -0.15) is 30.0 Å². The van der Waals surface area contributed by atoms with E-state index >= 15 is 0 Å². The molecule has 0 radical (unpaired) electrons. The standard InChI is InChI=1S/C61H74N9O4/c1-39(2)34-70-66-60-54(46-18-26-50(27-19-46)73-37-42(7)8)58-59(55(61(60)67-70)47-20-28-51(29-21-47)74-38-43(9)10)65-69(64-58)33-13-11-12-32-68-62-56-52(44-14-22-48(23-15-44)71-35-40(3)4)30-31-53(57(56)63-68)45-16-24-49(25-17-45)72-36-41(5)6/h14-31,39-43H,11-13,32-38H2,1-10H3,(H,66,67)/q+1. The van der Waals surface area contributed by atoms with Gasteiger partial charge < -0.3 is 18.9 Å². The molecule has 3 heterocycles. The number of H-pyrrole nitrogens is 1.